The third kappa shape index (κ3) is 5.72. The molecule has 0 saturated carbocycles. The second-order valence-electron chi connectivity index (χ2n) is 4.64. The topological polar surface area (TPSA) is 64.3 Å². The van der Waals surface area contributed by atoms with Crippen molar-refractivity contribution < 1.29 is 9.53 Å². The van der Waals surface area contributed by atoms with Crippen LogP contribution in [0, 0.1) is 3.57 Å². The first-order valence-corrected chi connectivity index (χ1v) is 6.80. The van der Waals surface area contributed by atoms with Crippen LogP contribution >= 0.6 is 46.6 Å². The summed E-state index contributed by atoms with van der Waals surface area (Å²) in [5.74, 6) is 0.250. The van der Waals surface area contributed by atoms with Crippen molar-refractivity contribution in [2.75, 3.05) is 13.7 Å². The van der Waals surface area contributed by atoms with Gasteiger partial charge in [0.15, 0.2) is 0 Å². The first-order valence-electron chi connectivity index (χ1n) is 5.34. The molecule has 1 aromatic rings. The van der Waals surface area contributed by atoms with Crippen LogP contribution in [0.3, 0.4) is 0 Å². The van der Waals surface area contributed by atoms with Crippen LogP contribution in [0.25, 0.3) is 0 Å². The molecule has 0 saturated heterocycles. The van der Waals surface area contributed by atoms with Gasteiger partial charge < -0.3 is 15.8 Å². The molecule has 108 valence electrons. The third-order valence-electron chi connectivity index (χ3n) is 2.19. The number of halogens is 3. The molecule has 1 aromatic carbocycles. The zero-order chi connectivity index (χ0) is 13.9. The maximum Gasteiger partial charge on any atom is 0.255 e. The Balaban J connectivity index is 0.00000324. The minimum absolute atomic E-state index is 0. The molecule has 0 radical (unpaired) electrons. The number of amides is 1. The predicted octanol–water partition coefficient (Wildman–Crippen LogP) is 2.84. The Morgan fingerprint density at radius 3 is 2.58 bits per heavy atom. The summed E-state index contributed by atoms with van der Waals surface area (Å²) in [4.78, 5) is 12.0. The summed E-state index contributed by atoms with van der Waals surface area (Å²) in [5, 5.41) is 3.28. The molecule has 7 heteroatoms. The molecule has 0 aliphatic carbocycles. The van der Waals surface area contributed by atoms with Gasteiger partial charge in [-0.3, -0.25) is 4.79 Å². The van der Waals surface area contributed by atoms with Crippen molar-refractivity contribution in [2.24, 2.45) is 5.73 Å². The Morgan fingerprint density at radius 2 is 2.11 bits per heavy atom. The van der Waals surface area contributed by atoms with E-state index in [1.165, 1.54) is 7.11 Å². The summed E-state index contributed by atoms with van der Waals surface area (Å²) in [6, 6.07) is 3.33. The van der Waals surface area contributed by atoms with E-state index in [0.717, 1.165) is 3.57 Å². The highest BCUT2D eigenvalue weighted by atomic mass is 127. The van der Waals surface area contributed by atoms with Crippen molar-refractivity contribution >= 4 is 52.5 Å². The molecule has 0 fully saturated rings. The number of carbonyl (C=O) groups is 1. The Bertz CT molecular complexity index is 462. The van der Waals surface area contributed by atoms with E-state index in [1.54, 1.807) is 12.1 Å². The fraction of sp³-hybridized carbons (Fsp3) is 0.417. The maximum absolute atomic E-state index is 12.0. The molecular formula is C12H17Cl2IN2O2. The van der Waals surface area contributed by atoms with Crippen molar-refractivity contribution in [3.05, 3.63) is 26.3 Å². The molecule has 4 nitrogen and oxygen atoms in total. The molecular weight excluding hydrogens is 402 g/mol. The van der Waals surface area contributed by atoms with E-state index in [1.807, 2.05) is 13.8 Å². The van der Waals surface area contributed by atoms with Gasteiger partial charge in [0.05, 0.1) is 17.7 Å². The minimum Gasteiger partial charge on any atom is -0.496 e. The van der Waals surface area contributed by atoms with Gasteiger partial charge in [-0.2, -0.15) is 0 Å². The lowest BCUT2D eigenvalue weighted by Crippen LogP contribution is -2.45. The average molecular weight is 419 g/mol. The Kier molecular flexibility index (Phi) is 7.42. The number of rotatable bonds is 4. The summed E-state index contributed by atoms with van der Waals surface area (Å²) in [6.07, 6.45) is 0. The van der Waals surface area contributed by atoms with Gasteiger partial charge in [-0.1, -0.05) is 11.6 Å². The molecule has 0 bridgehead atoms. The van der Waals surface area contributed by atoms with Crippen LogP contribution in [0.2, 0.25) is 5.02 Å². The zero-order valence-electron chi connectivity index (χ0n) is 10.9. The molecule has 0 aliphatic heterocycles. The van der Waals surface area contributed by atoms with E-state index in [0.29, 0.717) is 22.9 Å². The molecule has 19 heavy (non-hydrogen) atoms. The zero-order valence-corrected chi connectivity index (χ0v) is 14.6. The van der Waals surface area contributed by atoms with Gasteiger partial charge in [-0.25, -0.2) is 0 Å². The van der Waals surface area contributed by atoms with E-state index in [4.69, 9.17) is 22.1 Å². The number of nitrogens with one attached hydrogen (secondary N) is 1. The molecule has 0 heterocycles. The number of benzene rings is 1. The fourth-order valence-electron chi connectivity index (χ4n) is 1.28. The predicted molar refractivity (Wildman–Crippen MR) is 88.6 cm³/mol. The Morgan fingerprint density at radius 1 is 1.53 bits per heavy atom. The van der Waals surface area contributed by atoms with Gasteiger partial charge in [0.25, 0.3) is 5.91 Å². The van der Waals surface area contributed by atoms with E-state index >= 15 is 0 Å². The Hall–Kier alpha value is -0.240. The second-order valence-corrected chi connectivity index (χ2v) is 6.21. The first-order chi connectivity index (χ1) is 8.24. The largest absolute Gasteiger partial charge is 0.496 e. The lowest BCUT2D eigenvalue weighted by Gasteiger charge is -2.19. The summed E-state index contributed by atoms with van der Waals surface area (Å²) in [7, 11) is 1.52. The van der Waals surface area contributed by atoms with E-state index in [9.17, 15) is 4.79 Å². The summed E-state index contributed by atoms with van der Waals surface area (Å²) in [5.41, 5.74) is 5.76. The van der Waals surface area contributed by atoms with Gasteiger partial charge in [0.2, 0.25) is 0 Å². The fourth-order valence-corrected chi connectivity index (χ4v) is 1.88. The van der Waals surface area contributed by atoms with Crippen LogP contribution in [0.15, 0.2) is 12.1 Å². The number of ether oxygens (including phenoxy) is 1. The molecule has 0 spiro atoms. The molecule has 3 N–H and O–H groups in total. The van der Waals surface area contributed by atoms with Gasteiger partial charge in [0.1, 0.15) is 5.75 Å². The summed E-state index contributed by atoms with van der Waals surface area (Å²) >= 11 is 8.09. The van der Waals surface area contributed by atoms with Crippen LogP contribution in [0.5, 0.6) is 5.75 Å². The van der Waals surface area contributed by atoms with Gasteiger partial charge >= 0.3 is 0 Å². The third-order valence-corrected chi connectivity index (χ3v) is 3.72. The van der Waals surface area contributed by atoms with Crippen LogP contribution < -0.4 is 15.8 Å². The maximum atomic E-state index is 12.0. The van der Waals surface area contributed by atoms with Crippen molar-refractivity contribution in [3.63, 3.8) is 0 Å². The van der Waals surface area contributed by atoms with Crippen LogP contribution in [0.1, 0.15) is 24.2 Å². The summed E-state index contributed by atoms with van der Waals surface area (Å²) < 4.78 is 6.01. The highest BCUT2D eigenvalue weighted by Crippen LogP contribution is 2.28. The van der Waals surface area contributed by atoms with E-state index < -0.39 is 5.54 Å². The SMILES string of the molecule is COc1cc(I)c(Cl)cc1C(=O)NCC(C)(C)N.Cl. The monoisotopic (exact) mass is 418 g/mol. The minimum atomic E-state index is -0.462. The van der Waals surface area contributed by atoms with Crippen molar-refractivity contribution in [1.82, 2.24) is 5.32 Å². The average Bonchev–Trinajstić information content (AvgIpc) is 2.28. The highest BCUT2D eigenvalue weighted by Gasteiger charge is 2.17. The number of hydrogen-bond acceptors (Lipinski definition) is 3. The second kappa shape index (κ2) is 7.52. The van der Waals surface area contributed by atoms with Crippen molar-refractivity contribution in [2.45, 2.75) is 19.4 Å². The molecule has 1 amide bonds. The first kappa shape index (κ1) is 18.8. The van der Waals surface area contributed by atoms with Crippen LogP contribution in [-0.4, -0.2) is 25.1 Å². The smallest absolute Gasteiger partial charge is 0.255 e. The molecule has 0 aliphatic rings. The van der Waals surface area contributed by atoms with Crippen LogP contribution in [-0.2, 0) is 0 Å². The number of hydrogen-bond donors (Lipinski definition) is 2. The van der Waals surface area contributed by atoms with Crippen molar-refractivity contribution in [1.29, 1.82) is 0 Å². The van der Waals surface area contributed by atoms with E-state index in [2.05, 4.69) is 27.9 Å². The van der Waals surface area contributed by atoms with Gasteiger partial charge in [-0.05, 0) is 48.6 Å². The normalized spacial score (nSPS) is 10.6. The van der Waals surface area contributed by atoms with Gasteiger partial charge in [0, 0.05) is 15.7 Å². The van der Waals surface area contributed by atoms with Crippen molar-refractivity contribution in [3.8, 4) is 5.75 Å². The number of methoxy groups -OCH3 is 1. The Labute approximate surface area is 138 Å². The molecule has 1 rings (SSSR count). The summed E-state index contributed by atoms with van der Waals surface area (Å²) in [6.45, 7) is 4.05. The lowest BCUT2D eigenvalue weighted by atomic mass is 10.1. The standard InChI is InChI=1S/C12H16ClIN2O2.ClH/c1-12(2,15)6-16-11(17)7-4-8(13)9(14)5-10(7)18-3;/h4-5H,6,15H2,1-3H3,(H,16,17);1H. The van der Waals surface area contributed by atoms with Gasteiger partial charge in [-0.15, -0.1) is 12.4 Å². The van der Waals surface area contributed by atoms with Crippen LogP contribution in [0.4, 0.5) is 0 Å². The van der Waals surface area contributed by atoms with E-state index in [-0.39, 0.29) is 18.3 Å². The quantitative estimate of drug-likeness (QED) is 0.739. The molecule has 0 unspecified atom stereocenters. The lowest BCUT2D eigenvalue weighted by molar-refractivity contribution is 0.0943. The molecule has 0 atom stereocenters. The molecule has 0 aromatic heterocycles. The number of carbonyl (C=O) groups excluding carboxylic acids is 1. The number of nitrogens with two attached hydrogens (primary N) is 1. The highest BCUT2D eigenvalue weighted by molar-refractivity contribution is 14.1.